The highest BCUT2D eigenvalue weighted by Crippen LogP contribution is 2.31. The first-order chi connectivity index (χ1) is 11.7. The molecule has 6 heteroatoms. The molecule has 3 rings (SSSR count). The first-order valence-corrected chi connectivity index (χ1v) is 8.90. The predicted octanol–water partition coefficient (Wildman–Crippen LogP) is 3.79. The van der Waals surface area contributed by atoms with Gasteiger partial charge >= 0.3 is 0 Å². The van der Waals surface area contributed by atoms with Gasteiger partial charge in [0.25, 0.3) is 5.91 Å². The lowest BCUT2D eigenvalue weighted by Gasteiger charge is -2.20. The Morgan fingerprint density at radius 3 is 2.83 bits per heavy atom. The van der Waals surface area contributed by atoms with Crippen LogP contribution in [0.4, 0.5) is 0 Å². The van der Waals surface area contributed by atoms with Gasteiger partial charge in [0.05, 0.1) is 16.8 Å². The third-order valence-electron chi connectivity index (χ3n) is 3.76. The summed E-state index contributed by atoms with van der Waals surface area (Å²) in [6, 6.07) is 11.4. The average Bonchev–Trinajstić information content (AvgIpc) is 3.24. The van der Waals surface area contributed by atoms with Crippen molar-refractivity contribution in [3.8, 4) is 10.8 Å². The molecule has 1 N–H and O–H groups in total. The number of nitrogens with zero attached hydrogens (tertiary/aromatic N) is 2. The van der Waals surface area contributed by atoms with Crippen LogP contribution >= 0.6 is 11.3 Å². The Kier molecular flexibility index (Phi) is 5.27. The molecule has 0 saturated carbocycles. The number of aromatic nitrogens is 1. The van der Waals surface area contributed by atoms with Crippen molar-refractivity contribution in [1.29, 1.82) is 0 Å². The second kappa shape index (κ2) is 7.59. The first kappa shape index (κ1) is 16.7. The van der Waals surface area contributed by atoms with Gasteiger partial charge in [-0.25, -0.2) is 4.98 Å². The molecule has 2 heterocycles. The van der Waals surface area contributed by atoms with Crippen molar-refractivity contribution < 1.29 is 14.3 Å². The topological polar surface area (TPSA) is 66.6 Å². The molecule has 0 aliphatic carbocycles. The van der Waals surface area contributed by atoms with Crippen molar-refractivity contribution in [2.75, 3.05) is 19.7 Å². The normalized spacial score (nSPS) is 11.1. The lowest BCUT2D eigenvalue weighted by Crippen LogP contribution is -2.34. The van der Waals surface area contributed by atoms with Crippen molar-refractivity contribution in [2.24, 2.45) is 0 Å². The van der Waals surface area contributed by atoms with E-state index in [2.05, 4.69) is 11.9 Å². The Hall–Kier alpha value is -2.18. The monoisotopic (exact) mass is 344 g/mol. The van der Waals surface area contributed by atoms with Gasteiger partial charge in [-0.1, -0.05) is 25.5 Å². The summed E-state index contributed by atoms with van der Waals surface area (Å²) in [7, 11) is 0. The molecule has 1 aromatic carbocycles. The van der Waals surface area contributed by atoms with Gasteiger partial charge in [-0.3, -0.25) is 4.79 Å². The van der Waals surface area contributed by atoms with Gasteiger partial charge < -0.3 is 14.4 Å². The Morgan fingerprint density at radius 1 is 1.25 bits per heavy atom. The zero-order valence-corrected chi connectivity index (χ0v) is 14.4. The van der Waals surface area contributed by atoms with Crippen LogP contribution in [0.25, 0.3) is 21.0 Å². The minimum Gasteiger partial charge on any atom is -0.448 e. The highest BCUT2D eigenvalue weighted by atomic mass is 32.1. The summed E-state index contributed by atoms with van der Waals surface area (Å²) in [6.45, 7) is 2.95. The van der Waals surface area contributed by atoms with Crippen molar-refractivity contribution in [3.63, 3.8) is 0 Å². The number of carbonyl (C=O) groups excluding carboxylic acids is 1. The van der Waals surface area contributed by atoms with E-state index in [1.807, 2.05) is 24.3 Å². The van der Waals surface area contributed by atoms with E-state index in [1.165, 1.54) is 11.3 Å². The SMILES string of the molecule is CCCCN(CCO)C(=O)c1ccc(-c2nc3ccccc3s2)o1. The van der Waals surface area contributed by atoms with Crippen LogP contribution < -0.4 is 0 Å². The fourth-order valence-electron chi connectivity index (χ4n) is 2.49. The van der Waals surface area contributed by atoms with Crippen LogP contribution in [-0.2, 0) is 0 Å². The number of para-hydroxylation sites is 1. The molecule has 24 heavy (non-hydrogen) atoms. The van der Waals surface area contributed by atoms with E-state index in [4.69, 9.17) is 9.52 Å². The second-order valence-electron chi connectivity index (χ2n) is 5.52. The maximum absolute atomic E-state index is 12.6. The van der Waals surface area contributed by atoms with Crippen LogP contribution in [0.1, 0.15) is 30.3 Å². The minimum atomic E-state index is -0.190. The van der Waals surface area contributed by atoms with Crippen LogP contribution in [0.3, 0.4) is 0 Å². The fraction of sp³-hybridized carbons (Fsp3) is 0.333. The van der Waals surface area contributed by atoms with Crippen LogP contribution in [0.5, 0.6) is 0 Å². The van der Waals surface area contributed by atoms with Gasteiger partial charge in [0.2, 0.25) is 0 Å². The molecule has 0 spiro atoms. The summed E-state index contributed by atoms with van der Waals surface area (Å²) in [6.07, 6.45) is 1.89. The molecule has 0 aliphatic rings. The van der Waals surface area contributed by atoms with E-state index < -0.39 is 0 Å². The summed E-state index contributed by atoms with van der Waals surface area (Å²) in [4.78, 5) is 18.7. The van der Waals surface area contributed by atoms with Crippen molar-refractivity contribution in [1.82, 2.24) is 9.88 Å². The Labute approximate surface area is 144 Å². The molecule has 0 aliphatic heterocycles. The van der Waals surface area contributed by atoms with Gasteiger partial charge in [0.15, 0.2) is 16.5 Å². The van der Waals surface area contributed by atoms with E-state index >= 15 is 0 Å². The molecule has 1 amide bonds. The smallest absolute Gasteiger partial charge is 0.289 e. The molecule has 3 aromatic rings. The van der Waals surface area contributed by atoms with E-state index in [0.717, 1.165) is 28.1 Å². The standard InChI is InChI=1S/C18H20N2O3S/c1-2-3-10-20(11-12-21)18(22)15-9-8-14(23-15)17-19-13-6-4-5-7-16(13)24-17/h4-9,21H,2-3,10-12H2,1H3. The molecule has 0 saturated heterocycles. The number of hydrogen-bond donors (Lipinski definition) is 1. The van der Waals surface area contributed by atoms with Crippen LogP contribution in [0, 0.1) is 0 Å². The number of furan rings is 1. The number of rotatable bonds is 7. The number of aliphatic hydroxyl groups excluding tert-OH is 1. The van der Waals surface area contributed by atoms with E-state index in [9.17, 15) is 4.79 Å². The summed E-state index contributed by atoms with van der Waals surface area (Å²) in [5.41, 5.74) is 0.923. The quantitative estimate of drug-likeness (QED) is 0.708. The molecule has 0 fully saturated rings. The number of hydrogen-bond acceptors (Lipinski definition) is 5. The van der Waals surface area contributed by atoms with Crippen LogP contribution in [0.15, 0.2) is 40.8 Å². The van der Waals surface area contributed by atoms with Gasteiger partial charge in [0, 0.05) is 13.1 Å². The van der Waals surface area contributed by atoms with Crippen molar-refractivity contribution in [2.45, 2.75) is 19.8 Å². The van der Waals surface area contributed by atoms with E-state index in [1.54, 1.807) is 17.0 Å². The maximum atomic E-state index is 12.6. The number of amides is 1. The van der Waals surface area contributed by atoms with Gasteiger partial charge in [0.1, 0.15) is 0 Å². The zero-order valence-electron chi connectivity index (χ0n) is 13.6. The fourth-order valence-corrected chi connectivity index (χ4v) is 3.41. The lowest BCUT2D eigenvalue weighted by atomic mass is 10.3. The van der Waals surface area contributed by atoms with Crippen molar-refractivity contribution in [3.05, 3.63) is 42.2 Å². The largest absolute Gasteiger partial charge is 0.448 e. The summed E-state index contributed by atoms with van der Waals surface area (Å²) in [5, 5.41) is 9.92. The molecule has 126 valence electrons. The minimum absolute atomic E-state index is 0.0547. The number of fused-ring (bicyclic) bond motifs is 1. The molecule has 0 radical (unpaired) electrons. The first-order valence-electron chi connectivity index (χ1n) is 8.09. The Balaban J connectivity index is 1.82. The van der Waals surface area contributed by atoms with E-state index in [0.29, 0.717) is 18.8 Å². The second-order valence-corrected chi connectivity index (χ2v) is 6.55. The zero-order chi connectivity index (χ0) is 16.9. The Morgan fingerprint density at radius 2 is 2.08 bits per heavy atom. The average molecular weight is 344 g/mol. The lowest BCUT2D eigenvalue weighted by molar-refractivity contribution is 0.0688. The molecular formula is C18H20N2O3S. The van der Waals surface area contributed by atoms with Crippen LogP contribution in [-0.4, -0.2) is 40.6 Å². The number of thiazole rings is 1. The van der Waals surface area contributed by atoms with Gasteiger partial charge in [-0.2, -0.15) is 0 Å². The molecule has 5 nitrogen and oxygen atoms in total. The molecular weight excluding hydrogens is 324 g/mol. The molecule has 0 bridgehead atoms. The van der Waals surface area contributed by atoms with Gasteiger partial charge in [-0.15, -0.1) is 11.3 Å². The van der Waals surface area contributed by atoms with Crippen LogP contribution in [0.2, 0.25) is 0 Å². The summed E-state index contributed by atoms with van der Waals surface area (Å²) >= 11 is 1.54. The number of carbonyl (C=O) groups is 1. The molecule has 0 atom stereocenters. The maximum Gasteiger partial charge on any atom is 0.289 e. The molecule has 0 unspecified atom stereocenters. The summed E-state index contributed by atoms with van der Waals surface area (Å²) in [5.74, 6) is 0.692. The number of aliphatic hydroxyl groups is 1. The highest BCUT2D eigenvalue weighted by molar-refractivity contribution is 7.21. The third-order valence-corrected chi connectivity index (χ3v) is 4.81. The van der Waals surface area contributed by atoms with Crippen molar-refractivity contribution >= 4 is 27.5 Å². The number of unbranched alkanes of at least 4 members (excludes halogenated alkanes) is 1. The van der Waals surface area contributed by atoms with E-state index in [-0.39, 0.29) is 18.3 Å². The third kappa shape index (κ3) is 3.49. The van der Waals surface area contributed by atoms with Gasteiger partial charge in [-0.05, 0) is 30.7 Å². The summed E-state index contributed by atoms with van der Waals surface area (Å²) < 4.78 is 6.83. The molecule has 2 aromatic heterocycles. The Bertz CT molecular complexity index is 791. The highest BCUT2D eigenvalue weighted by Gasteiger charge is 2.20. The predicted molar refractivity (Wildman–Crippen MR) is 95.2 cm³/mol. The number of benzene rings is 1.